The molecule has 0 radical (unpaired) electrons. The van der Waals surface area contributed by atoms with Gasteiger partial charge in [-0.05, 0) is 40.5 Å². The molecule has 0 saturated heterocycles. The highest BCUT2D eigenvalue weighted by molar-refractivity contribution is 6.75. The first-order valence-electron chi connectivity index (χ1n) is 8.45. The molecule has 0 heterocycles. The van der Waals surface area contributed by atoms with Gasteiger partial charge in [0.15, 0.2) is 0 Å². The first-order valence-corrected chi connectivity index (χ1v) is 13.4. The van der Waals surface area contributed by atoms with Gasteiger partial charge >= 0.3 is 17.6 Å². The van der Waals surface area contributed by atoms with Crippen molar-refractivity contribution in [2.75, 3.05) is 38.2 Å². The molecule has 0 spiro atoms. The molecule has 23 heavy (non-hydrogen) atoms. The number of hydrogen-bond acceptors (Lipinski definition) is 5. The Kier molecular flexibility index (Phi) is 14.5. The van der Waals surface area contributed by atoms with Crippen LogP contribution in [0.2, 0.25) is 12.1 Å². The predicted molar refractivity (Wildman–Crippen MR) is 99.4 cm³/mol. The first-order chi connectivity index (χ1) is 11.1. The Hall–Kier alpha value is 0.814. The van der Waals surface area contributed by atoms with E-state index in [1.165, 1.54) is 0 Å². The van der Waals surface area contributed by atoms with Gasteiger partial charge in [0.1, 0.15) is 0 Å². The molecule has 0 unspecified atom stereocenters. The van der Waals surface area contributed by atoms with Crippen molar-refractivity contribution in [1.82, 2.24) is 0 Å². The predicted octanol–water partition coefficient (Wildman–Crippen LogP) is 4.28. The van der Waals surface area contributed by atoms with E-state index in [1.54, 1.807) is 0 Å². The third-order valence-electron chi connectivity index (χ3n) is 3.00. The molecule has 0 fully saturated rings. The zero-order valence-electron chi connectivity index (χ0n) is 14.9. The lowest BCUT2D eigenvalue weighted by atomic mass is 10.6. The molecule has 0 aromatic rings. The molecule has 0 aliphatic heterocycles. The third-order valence-corrected chi connectivity index (χ3v) is 10.9. The van der Waals surface area contributed by atoms with E-state index in [0.717, 1.165) is 12.8 Å². The van der Waals surface area contributed by atoms with Crippen molar-refractivity contribution in [3.8, 4) is 0 Å². The van der Waals surface area contributed by atoms with Gasteiger partial charge < -0.3 is 21.8 Å². The Morgan fingerprint density at radius 3 is 1.13 bits per heavy atom. The quantitative estimate of drug-likeness (QED) is 0.282. The minimum absolute atomic E-state index is 0.521. The number of halogens is 2. The van der Waals surface area contributed by atoms with Crippen LogP contribution in [-0.4, -0.2) is 55.8 Å². The van der Waals surface area contributed by atoms with Crippen LogP contribution in [0.15, 0.2) is 0 Å². The third kappa shape index (κ3) is 9.18. The van der Waals surface area contributed by atoms with Gasteiger partial charge in [-0.1, -0.05) is 0 Å². The molecule has 0 aliphatic rings. The number of rotatable bonds is 16. The Morgan fingerprint density at radius 1 is 0.609 bits per heavy atom. The lowest BCUT2D eigenvalue weighted by Gasteiger charge is -2.38. The smallest absolute Gasteiger partial charge is 0.374 e. The largest absolute Gasteiger partial charge is 0.493 e. The van der Waals surface area contributed by atoms with Gasteiger partial charge in [-0.15, -0.1) is 23.2 Å². The summed E-state index contributed by atoms with van der Waals surface area (Å²) in [6, 6.07) is 1.32. The molecule has 140 valence electrons. The normalized spacial score (nSPS) is 12.8. The Morgan fingerprint density at radius 2 is 0.913 bits per heavy atom. The molecule has 0 saturated carbocycles. The van der Waals surface area contributed by atoms with Crippen LogP contribution >= 0.6 is 23.2 Å². The van der Waals surface area contributed by atoms with Crippen LogP contribution in [0.1, 0.15) is 40.5 Å². The minimum atomic E-state index is -2.89. The molecule has 0 atom stereocenters. The molecular formula is C14H32Cl2O5Si2. The molecule has 9 heteroatoms. The minimum Gasteiger partial charge on any atom is -0.374 e. The van der Waals surface area contributed by atoms with E-state index < -0.39 is 17.6 Å². The van der Waals surface area contributed by atoms with Gasteiger partial charge in [0.2, 0.25) is 0 Å². The molecule has 0 N–H and O–H groups in total. The van der Waals surface area contributed by atoms with Gasteiger partial charge in [0.05, 0.1) is 0 Å². The van der Waals surface area contributed by atoms with Crippen molar-refractivity contribution in [2.24, 2.45) is 0 Å². The second-order valence-electron chi connectivity index (χ2n) is 4.79. The summed E-state index contributed by atoms with van der Waals surface area (Å²) in [4.78, 5) is 0. The highest BCUT2D eigenvalue weighted by atomic mass is 35.5. The molecule has 0 rings (SSSR count). The topological polar surface area (TPSA) is 46.2 Å². The lowest BCUT2D eigenvalue weighted by molar-refractivity contribution is 0.0493. The maximum absolute atomic E-state index is 6.46. The molecule has 5 nitrogen and oxygen atoms in total. The van der Waals surface area contributed by atoms with E-state index in [9.17, 15) is 0 Å². The van der Waals surface area contributed by atoms with E-state index in [1.807, 2.05) is 27.7 Å². The van der Waals surface area contributed by atoms with Crippen LogP contribution in [-0.2, 0) is 21.8 Å². The van der Waals surface area contributed by atoms with Crippen molar-refractivity contribution in [3.63, 3.8) is 0 Å². The molecule has 0 aromatic heterocycles. The maximum Gasteiger partial charge on any atom is 0.493 e. The van der Waals surface area contributed by atoms with Crippen molar-refractivity contribution < 1.29 is 21.8 Å². The molecule has 0 amide bonds. The Bertz CT molecular complexity index is 250. The number of alkyl halides is 2. The van der Waals surface area contributed by atoms with Gasteiger partial charge in [0.25, 0.3) is 0 Å². The Labute approximate surface area is 153 Å². The number of hydrogen-bond donors (Lipinski definition) is 0. The summed E-state index contributed by atoms with van der Waals surface area (Å²) in [5.74, 6) is 1.08. The SMILES string of the molecule is CCO[Si](CCCCl)(OCC)O[Si](CCCCl)(OCC)OCC. The molecule has 0 aromatic carbocycles. The van der Waals surface area contributed by atoms with Gasteiger partial charge in [0, 0.05) is 50.3 Å². The summed E-state index contributed by atoms with van der Waals surface area (Å²) >= 11 is 11.7. The molecule has 0 aliphatic carbocycles. The summed E-state index contributed by atoms with van der Waals surface area (Å²) in [6.45, 7) is 9.84. The second kappa shape index (κ2) is 14.0. The maximum atomic E-state index is 6.46. The summed E-state index contributed by atoms with van der Waals surface area (Å²) < 4.78 is 30.4. The Balaban J connectivity index is 5.39. The average molecular weight is 407 g/mol. The van der Waals surface area contributed by atoms with E-state index in [-0.39, 0.29) is 0 Å². The first kappa shape index (κ1) is 23.8. The molecular weight excluding hydrogens is 375 g/mol. The van der Waals surface area contributed by atoms with E-state index in [0.29, 0.717) is 50.3 Å². The van der Waals surface area contributed by atoms with Crippen LogP contribution in [0.5, 0.6) is 0 Å². The summed E-state index contributed by atoms with van der Waals surface area (Å²) in [5.41, 5.74) is 0. The zero-order chi connectivity index (χ0) is 17.6. The average Bonchev–Trinajstić information content (AvgIpc) is 2.52. The fourth-order valence-electron chi connectivity index (χ4n) is 2.28. The summed E-state index contributed by atoms with van der Waals surface area (Å²) in [6.07, 6.45) is 1.54. The fraction of sp³-hybridized carbons (Fsp3) is 1.00. The fourth-order valence-corrected chi connectivity index (χ4v) is 10.4. The van der Waals surface area contributed by atoms with Crippen molar-refractivity contribution in [2.45, 2.75) is 52.6 Å². The highest BCUT2D eigenvalue weighted by Crippen LogP contribution is 2.28. The second-order valence-corrected chi connectivity index (χ2v) is 11.2. The van der Waals surface area contributed by atoms with Crippen LogP contribution in [0.4, 0.5) is 0 Å². The van der Waals surface area contributed by atoms with Crippen LogP contribution in [0.3, 0.4) is 0 Å². The molecule has 0 bridgehead atoms. The van der Waals surface area contributed by atoms with Crippen LogP contribution < -0.4 is 0 Å². The van der Waals surface area contributed by atoms with Crippen LogP contribution in [0, 0.1) is 0 Å². The van der Waals surface area contributed by atoms with Crippen molar-refractivity contribution in [1.29, 1.82) is 0 Å². The van der Waals surface area contributed by atoms with E-state index in [2.05, 4.69) is 0 Å². The van der Waals surface area contributed by atoms with E-state index in [4.69, 9.17) is 45.0 Å². The monoisotopic (exact) mass is 406 g/mol. The van der Waals surface area contributed by atoms with E-state index >= 15 is 0 Å². The summed E-state index contributed by atoms with van der Waals surface area (Å²) in [5, 5.41) is 0. The van der Waals surface area contributed by atoms with Crippen molar-refractivity contribution in [3.05, 3.63) is 0 Å². The van der Waals surface area contributed by atoms with Gasteiger partial charge in [-0.3, -0.25) is 0 Å². The summed E-state index contributed by atoms with van der Waals surface area (Å²) in [7, 11) is -5.78. The lowest BCUT2D eigenvalue weighted by Crippen LogP contribution is -2.59. The van der Waals surface area contributed by atoms with Gasteiger partial charge in [-0.2, -0.15) is 0 Å². The standard InChI is InChI=1S/C14H32Cl2O5Si2/c1-5-17-22(18-6-2,13-9-11-15)21-23(19-7-3,20-8-4)14-10-12-16/h5-14H2,1-4H3. The highest BCUT2D eigenvalue weighted by Gasteiger charge is 2.52. The van der Waals surface area contributed by atoms with Crippen LogP contribution in [0.25, 0.3) is 0 Å². The van der Waals surface area contributed by atoms with Crippen molar-refractivity contribution >= 4 is 40.8 Å². The van der Waals surface area contributed by atoms with Gasteiger partial charge in [-0.25, -0.2) is 0 Å². The zero-order valence-corrected chi connectivity index (χ0v) is 18.4.